The van der Waals surface area contributed by atoms with Crippen molar-refractivity contribution in [2.75, 3.05) is 13.1 Å². The maximum Gasteiger partial charge on any atom is 0.325 e. The Kier molecular flexibility index (Phi) is 7.39. The number of nitrogens with one attached hydrogen (secondary N) is 2. The van der Waals surface area contributed by atoms with Crippen LogP contribution in [0.1, 0.15) is 11.1 Å². The summed E-state index contributed by atoms with van der Waals surface area (Å²) in [4.78, 5) is 33.5. The van der Waals surface area contributed by atoms with Crippen LogP contribution in [-0.2, 0) is 31.0 Å². The van der Waals surface area contributed by atoms with Crippen molar-refractivity contribution in [2.24, 2.45) is 0 Å². The van der Waals surface area contributed by atoms with Gasteiger partial charge in [0.15, 0.2) is 0 Å². The third kappa shape index (κ3) is 6.97. The molecule has 10 nitrogen and oxygen atoms in total. The van der Waals surface area contributed by atoms with Gasteiger partial charge in [0, 0.05) is 12.1 Å². The summed E-state index contributed by atoms with van der Waals surface area (Å²) in [7, 11) is -3.84. The molecule has 2 N–H and O–H groups in total. The summed E-state index contributed by atoms with van der Waals surface area (Å²) in [6.45, 7) is 0.717. The van der Waals surface area contributed by atoms with E-state index in [0.717, 1.165) is 5.56 Å². The zero-order chi connectivity index (χ0) is 21.4. The normalized spacial score (nSPS) is 10.9. The number of benzene rings is 2. The quantitative estimate of drug-likeness (QED) is 0.350. The van der Waals surface area contributed by atoms with E-state index in [4.69, 9.17) is 4.74 Å². The number of carbonyl (C=O) groups excluding carboxylic acids is 2. The van der Waals surface area contributed by atoms with E-state index in [1.807, 2.05) is 6.92 Å². The minimum atomic E-state index is -3.84. The number of nitrogens with zero attached hydrogens (tertiary/aromatic N) is 1. The third-order valence-corrected chi connectivity index (χ3v) is 5.15. The fourth-order valence-electron chi connectivity index (χ4n) is 2.12. The Morgan fingerprint density at radius 2 is 1.66 bits per heavy atom. The summed E-state index contributed by atoms with van der Waals surface area (Å²) in [6, 6.07) is 11.6. The van der Waals surface area contributed by atoms with Crippen LogP contribution in [0.25, 0.3) is 0 Å². The Balaban J connectivity index is 1.73. The van der Waals surface area contributed by atoms with Gasteiger partial charge in [-0.15, -0.1) is 0 Å². The molecule has 0 atom stereocenters. The van der Waals surface area contributed by atoms with Crippen LogP contribution in [0.5, 0.6) is 0 Å². The van der Waals surface area contributed by atoms with Gasteiger partial charge in [-0.25, -0.2) is 13.1 Å². The van der Waals surface area contributed by atoms with E-state index in [-0.39, 0.29) is 17.2 Å². The highest BCUT2D eigenvalue weighted by Crippen LogP contribution is 2.12. The number of sulfonamides is 1. The molecule has 0 unspecified atom stereocenters. The van der Waals surface area contributed by atoms with E-state index < -0.39 is 39.9 Å². The van der Waals surface area contributed by atoms with E-state index in [0.29, 0.717) is 5.56 Å². The average Bonchev–Trinajstić information content (AvgIpc) is 2.70. The Labute approximate surface area is 167 Å². The smallest absolute Gasteiger partial charge is 0.325 e. The van der Waals surface area contributed by atoms with Crippen LogP contribution in [0.3, 0.4) is 0 Å². The van der Waals surface area contributed by atoms with Gasteiger partial charge in [-0.05, 0) is 36.8 Å². The van der Waals surface area contributed by atoms with Crippen LogP contribution in [0.15, 0.2) is 53.4 Å². The van der Waals surface area contributed by atoms with Crippen LogP contribution in [0, 0.1) is 17.0 Å². The van der Waals surface area contributed by atoms with Crippen LogP contribution in [-0.4, -0.2) is 38.3 Å². The molecule has 0 spiro atoms. The molecule has 0 fully saturated rings. The van der Waals surface area contributed by atoms with Crippen molar-refractivity contribution < 1.29 is 27.7 Å². The lowest BCUT2D eigenvalue weighted by Gasteiger charge is -2.08. The van der Waals surface area contributed by atoms with Crippen molar-refractivity contribution in [3.05, 3.63) is 69.8 Å². The van der Waals surface area contributed by atoms with Crippen LogP contribution < -0.4 is 10.0 Å². The molecule has 0 saturated heterocycles. The number of rotatable bonds is 9. The number of ether oxygens (including phenoxy) is 1. The summed E-state index contributed by atoms with van der Waals surface area (Å²) < 4.78 is 31.3. The highest BCUT2D eigenvalue weighted by atomic mass is 32.2. The number of aryl methyl sites for hydroxylation is 1. The highest BCUT2D eigenvalue weighted by molar-refractivity contribution is 7.89. The van der Waals surface area contributed by atoms with Gasteiger partial charge < -0.3 is 10.1 Å². The first-order chi connectivity index (χ1) is 13.7. The number of amides is 1. The van der Waals surface area contributed by atoms with Gasteiger partial charge in [0.2, 0.25) is 15.9 Å². The van der Waals surface area contributed by atoms with Gasteiger partial charge in [-0.1, -0.05) is 17.7 Å². The van der Waals surface area contributed by atoms with Crippen molar-refractivity contribution in [2.45, 2.75) is 18.4 Å². The topological polar surface area (TPSA) is 145 Å². The Morgan fingerprint density at radius 1 is 1.03 bits per heavy atom. The van der Waals surface area contributed by atoms with Crippen LogP contribution in [0.2, 0.25) is 0 Å². The monoisotopic (exact) mass is 421 g/mol. The lowest BCUT2D eigenvalue weighted by atomic mass is 10.2. The predicted molar refractivity (Wildman–Crippen MR) is 102 cm³/mol. The van der Waals surface area contributed by atoms with Gasteiger partial charge in [0.1, 0.15) is 13.2 Å². The molecule has 0 aromatic heterocycles. The van der Waals surface area contributed by atoms with E-state index in [9.17, 15) is 28.1 Å². The number of hydrogen-bond acceptors (Lipinski definition) is 7. The second kappa shape index (κ2) is 9.75. The molecule has 2 aromatic rings. The number of non-ortho nitro benzene ring substituents is 1. The lowest BCUT2D eigenvalue weighted by Crippen LogP contribution is -2.39. The van der Waals surface area contributed by atoms with Gasteiger partial charge in [-0.2, -0.15) is 0 Å². The average molecular weight is 421 g/mol. The van der Waals surface area contributed by atoms with Crippen LogP contribution in [0.4, 0.5) is 5.69 Å². The first-order valence-corrected chi connectivity index (χ1v) is 9.88. The molecule has 0 heterocycles. The molecule has 0 saturated carbocycles. The number of nitro benzene ring substituents is 1. The van der Waals surface area contributed by atoms with Crippen molar-refractivity contribution in [1.82, 2.24) is 10.0 Å². The number of nitro groups is 1. The van der Waals surface area contributed by atoms with Gasteiger partial charge in [0.05, 0.1) is 16.4 Å². The summed E-state index contributed by atoms with van der Waals surface area (Å²) in [6.07, 6.45) is 0. The number of carbonyl (C=O) groups is 2. The molecule has 0 aliphatic carbocycles. The molecule has 1 amide bonds. The molecule has 0 bridgehead atoms. The zero-order valence-electron chi connectivity index (χ0n) is 15.5. The molecule has 2 rings (SSSR count). The summed E-state index contributed by atoms with van der Waals surface area (Å²) in [5, 5.41) is 12.8. The maximum atomic E-state index is 12.1. The fraction of sp³-hybridized carbons (Fsp3) is 0.222. The molecular formula is C18H19N3O7S. The van der Waals surface area contributed by atoms with E-state index in [1.54, 1.807) is 12.1 Å². The van der Waals surface area contributed by atoms with E-state index >= 15 is 0 Å². The van der Waals surface area contributed by atoms with Crippen LogP contribution >= 0.6 is 0 Å². The molecular weight excluding hydrogens is 402 g/mol. The van der Waals surface area contributed by atoms with Crippen molar-refractivity contribution in [3.8, 4) is 0 Å². The first-order valence-electron chi connectivity index (χ1n) is 8.39. The molecule has 154 valence electrons. The largest absolute Gasteiger partial charge is 0.460 e. The summed E-state index contributed by atoms with van der Waals surface area (Å²) >= 11 is 0. The molecule has 0 aliphatic heterocycles. The fourth-order valence-corrected chi connectivity index (χ4v) is 3.11. The van der Waals surface area contributed by atoms with E-state index in [2.05, 4.69) is 10.0 Å². The zero-order valence-corrected chi connectivity index (χ0v) is 16.3. The number of esters is 1. The molecule has 2 aromatic carbocycles. The highest BCUT2D eigenvalue weighted by Gasteiger charge is 2.16. The molecule has 0 radical (unpaired) electrons. The van der Waals surface area contributed by atoms with Gasteiger partial charge >= 0.3 is 5.97 Å². The lowest BCUT2D eigenvalue weighted by molar-refractivity contribution is -0.384. The van der Waals surface area contributed by atoms with E-state index in [1.165, 1.54) is 36.4 Å². The van der Waals surface area contributed by atoms with Crippen molar-refractivity contribution in [3.63, 3.8) is 0 Å². The maximum absolute atomic E-state index is 12.1. The standard InChI is InChI=1S/C18H19N3O7S/c1-13-2-8-16(9-3-13)29(26,27)20-10-17(22)19-11-18(23)28-12-14-4-6-15(7-5-14)21(24)25/h2-9,20H,10-12H2,1H3,(H,19,22). The minimum Gasteiger partial charge on any atom is -0.460 e. The van der Waals surface area contributed by atoms with Crippen molar-refractivity contribution in [1.29, 1.82) is 0 Å². The second-order valence-electron chi connectivity index (χ2n) is 6.00. The van der Waals surface area contributed by atoms with Crippen molar-refractivity contribution >= 4 is 27.6 Å². The van der Waals surface area contributed by atoms with Gasteiger partial charge in [-0.3, -0.25) is 19.7 Å². The van der Waals surface area contributed by atoms with Gasteiger partial charge in [0.25, 0.3) is 5.69 Å². The minimum absolute atomic E-state index is 0.0263. The molecule has 11 heteroatoms. The Hall–Kier alpha value is -3.31. The second-order valence-corrected chi connectivity index (χ2v) is 7.77. The summed E-state index contributed by atoms with van der Waals surface area (Å²) in [5.74, 6) is -1.44. The summed E-state index contributed by atoms with van der Waals surface area (Å²) in [5.41, 5.74) is 1.36. The molecule has 0 aliphatic rings. The number of hydrogen-bond donors (Lipinski definition) is 2. The SMILES string of the molecule is Cc1ccc(S(=O)(=O)NCC(=O)NCC(=O)OCc2ccc([N+](=O)[O-])cc2)cc1. The Morgan fingerprint density at radius 3 is 2.24 bits per heavy atom. The third-order valence-electron chi connectivity index (χ3n) is 3.73. The predicted octanol–water partition coefficient (Wildman–Crippen LogP) is 1.04. The molecule has 29 heavy (non-hydrogen) atoms. The first kappa shape index (κ1) is 22.0. The Bertz CT molecular complexity index is 987.